The summed E-state index contributed by atoms with van der Waals surface area (Å²) < 4.78 is 2.30. The number of hydrogen-bond donors (Lipinski definition) is 1. The molecule has 6 heteroatoms. The molecule has 2 aromatic carbocycles. The van der Waals surface area contributed by atoms with Crippen LogP contribution in [0.5, 0.6) is 0 Å². The highest BCUT2D eigenvalue weighted by Crippen LogP contribution is 2.14. The second-order valence-corrected chi connectivity index (χ2v) is 6.77. The van der Waals surface area contributed by atoms with Crippen molar-refractivity contribution in [1.82, 2.24) is 14.9 Å². The number of carbonyl (C=O) groups is 1. The lowest BCUT2D eigenvalue weighted by molar-refractivity contribution is -0.121. The van der Waals surface area contributed by atoms with Gasteiger partial charge in [-0.25, -0.2) is 4.98 Å². The maximum atomic E-state index is 12.5. The van der Waals surface area contributed by atoms with E-state index in [1.807, 2.05) is 37.3 Å². The fourth-order valence-corrected chi connectivity index (χ4v) is 2.96. The fraction of sp³-hybridized carbons (Fsp3) is 0.211. The molecular formula is C19H18BrN3O2. The summed E-state index contributed by atoms with van der Waals surface area (Å²) in [4.78, 5) is 28.8. The molecule has 0 bridgehead atoms. The highest BCUT2D eigenvalue weighted by molar-refractivity contribution is 9.10. The number of amides is 1. The molecule has 3 aromatic rings. The third kappa shape index (κ3) is 4.14. The number of benzene rings is 2. The van der Waals surface area contributed by atoms with Crippen LogP contribution in [-0.2, 0) is 17.9 Å². The number of rotatable bonds is 5. The van der Waals surface area contributed by atoms with Gasteiger partial charge in [-0.3, -0.25) is 14.2 Å². The van der Waals surface area contributed by atoms with E-state index in [1.54, 1.807) is 12.1 Å². The van der Waals surface area contributed by atoms with E-state index in [0.717, 1.165) is 15.6 Å². The molecule has 0 atom stereocenters. The van der Waals surface area contributed by atoms with Crippen molar-refractivity contribution in [2.24, 2.45) is 0 Å². The van der Waals surface area contributed by atoms with Gasteiger partial charge < -0.3 is 5.32 Å². The van der Waals surface area contributed by atoms with Gasteiger partial charge in [0.25, 0.3) is 5.56 Å². The maximum Gasteiger partial charge on any atom is 0.261 e. The summed E-state index contributed by atoms with van der Waals surface area (Å²) in [5, 5.41) is 3.43. The summed E-state index contributed by atoms with van der Waals surface area (Å²) in [6, 6.07) is 13.3. The first-order valence-electron chi connectivity index (χ1n) is 8.00. The van der Waals surface area contributed by atoms with Crippen LogP contribution in [0.2, 0.25) is 0 Å². The number of carbonyl (C=O) groups excluding carboxylic acids is 1. The highest BCUT2D eigenvalue weighted by Gasteiger charge is 2.07. The first-order valence-corrected chi connectivity index (χ1v) is 8.80. The smallest absolute Gasteiger partial charge is 0.261 e. The van der Waals surface area contributed by atoms with Gasteiger partial charge in [0, 0.05) is 24.0 Å². The van der Waals surface area contributed by atoms with Crippen LogP contribution in [0.4, 0.5) is 0 Å². The molecule has 0 fully saturated rings. The van der Waals surface area contributed by atoms with Crippen LogP contribution >= 0.6 is 15.9 Å². The van der Waals surface area contributed by atoms with Crippen molar-refractivity contribution in [1.29, 1.82) is 0 Å². The molecule has 0 saturated heterocycles. The van der Waals surface area contributed by atoms with Gasteiger partial charge >= 0.3 is 0 Å². The zero-order valence-corrected chi connectivity index (χ0v) is 15.4. The lowest BCUT2D eigenvalue weighted by Crippen LogP contribution is -2.27. The predicted molar refractivity (Wildman–Crippen MR) is 101 cm³/mol. The largest absolute Gasteiger partial charge is 0.352 e. The molecule has 0 aliphatic rings. The van der Waals surface area contributed by atoms with Crippen LogP contribution in [0.15, 0.2) is 58.1 Å². The van der Waals surface area contributed by atoms with E-state index in [4.69, 9.17) is 0 Å². The second-order valence-electron chi connectivity index (χ2n) is 5.86. The summed E-state index contributed by atoms with van der Waals surface area (Å²) in [6.07, 6.45) is 1.72. The van der Waals surface area contributed by atoms with E-state index >= 15 is 0 Å². The standard InChI is InChI=1S/C19H18BrN3O2/c1-13-4-2-3-5-14(13)11-21-18(24)8-9-23-12-22-17-7-6-15(20)10-16(17)19(23)25/h2-7,10,12H,8-9,11H2,1H3,(H,21,24). The third-order valence-corrected chi connectivity index (χ3v) is 4.60. The average molecular weight is 400 g/mol. The Morgan fingerprint density at radius 2 is 2.04 bits per heavy atom. The molecule has 0 saturated carbocycles. The molecule has 1 N–H and O–H groups in total. The Morgan fingerprint density at radius 3 is 2.84 bits per heavy atom. The summed E-state index contributed by atoms with van der Waals surface area (Å²) in [7, 11) is 0. The van der Waals surface area contributed by atoms with Gasteiger partial charge in [0.15, 0.2) is 0 Å². The van der Waals surface area contributed by atoms with Crippen molar-refractivity contribution < 1.29 is 4.79 Å². The lowest BCUT2D eigenvalue weighted by Gasteiger charge is -2.09. The Balaban J connectivity index is 1.64. The minimum absolute atomic E-state index is 0.0931. The first kappa shape index (κ1) is 17.4. The van der Waals surface area contributed by atoms with Gasteiger partial charge in [-0.05, 0) is 36.2 Å². The van der Waals surface area contributed by atoms with Crippen molar-refractivity contribution in [3.05, 3.63) is 74.7 Å². The van der Waals surface area contributed by atoms with E-state index in [9.17, 15) is 9.59 Å². The predicted octanol–water partition coefficient (Wildman–Crippen LogP) is 3.17. The summed E-state index contributed by atoms with van der Waals surface area (Å²) in [5.74, 6) is -0.0931. The van der Waals surface area contributed by atoms with Crippen LogP contribution in [0.3, 0.4) is 0 Å². The maximum absolute atomic E-state index is 12.5. The molecule has 5 nitrogen and oxygen atoms in total. The first-order chi connectivity index (χ1) is 12.0. The third-order valence-electron chi connectivity index (χ3n) is 4.10. The Hall–Kier alpha value is -2.47. The Morgan fingerprint density at radius 1 is 1.24 bits per heavy atom. The van der Waals surface area contributed by atoms with Gasteiger partial charge in [0.05, 0.1) is 17.2 Å². The monoisotopic (exact) mass is 399 g/mol. The normalized spacial score (nSPS) is 10.8. The quantitative estimate of drug-likeness (QED) is 0.716. The van der Waals surface area contributed by atoms with E-state index in [1.165, 1.54) is 10.9 Å². The molecule has 0 unspecified atom stereocenters. The lowest BCUT2D eigenvalue weighted by atomic mass is 10.1. The zero-order chi connectivity index (χ0) is 17.8. The molecule has 0 spiro atoms. The van der Waals surface area contributed by atoms with Crippen molar-refractivity contribution in [3.63, 3.8) is 0 Å². The topological polar surface area (TPSA) is 64.0 Å². The van der Waals surface area contributed by atoms with E-state index in [0.29, 0.717) is 24.0 Å². The second kappa shape index (κ2) is 7.61. The van der Waals surface area contributed by atoms with Gasteiger partial charge in [-0.1, -0.05) is 40.2 Å². The van der Waals surface area contributed by atoms with Gasteiger partial charge in [0.1, 0.15) is 0 Å². The molecule has 1 aromatic heterocycles. The van der Waals surface area contributed by atoms with Crippen molar-refractivity contribution >= 4 is 32.7 Å². The van der Waals surface area contributed by atoms with E-state index in [2.05, 4.69) is 26.2 Å². The number of fused-ring (bicyclic) bond motifs is 1. The zero-order valence-electron chi connectivity index (χ0n) is 13.8. The molecule has 128 valence electrons. The minimum atomic E-state index is -0.141. The Bertz CT molecular complexity index is 982. The molecule has 1 heterocycles. The molecule has 3 rings (SSSR count). The number of hydrogen-bond acceptors (Lipinski definition) is 3. The van der Waals surface area contributed by atoms with Crippen LogP contribution in [0.25, 0.3) is 10.9 Å². The van der Waals surface area contributed by atoms with E-state index < -0.39 is 0 Å². The van der Waals surface area contributed by atoms with Crippen molar-refractivity contribution in [3.8, 4) is 0 Å². The molecular weight excluding hydrogens is 382 g/mol. The summed E-state index contributed by atoms with van der Waals surface area (Å²) >= 11 is 3.36. The number of halogens is 1. The number of nitrogens with one attached hydrogen (secondary N) is 1. The summed E-state index contributed by atoms with van der Waals surface area (Å²) in [6.45, 7) is 2.80. The minimum Gasteiger partial charge on any atom is -0.352 e. The highest BCUT2D eigenvalue weighted by atomic mass is 79.9. The van der Waals surface area contributed by atoms with Gasteiger partial charge in [-0.2, -0.15) is 0 Å². The molecule has 25 heavy (non-hydrogen) atoms. The molecule has 0 aliphatic heterocycles. The molecule has 1 amide bonds. The van der Waals surface area contributed by atoms with Gasteiger partial charge in [0.2, 0.25) is 5.91 Å². The van der Waals surface area contributed by atoms with Crippen molar-refractivity contribution in [2.75, 3.05) is 0 Å². The van der Waals surface area contributed by atoms with Gasteiger partial charge in [-0.15, -0.1) is 0 Å². The Labute approximate surface area is 153 Å². The number of nitrogens with zero attached hydrogens (tertiary/aromatic N) is 2. The molecule has 0 aliphatic carbocycles. The number of aromatic nitrogens is 2. The van der Waals surface area contributed by atoms with Crippen LogP contribution in [0.1, 0.15) is 17.5 Å². The fourth-order valence-electron chi connectivity index (χ4n) is 2.60. The van der Waals surface area contributed by atoms with Crippen molar-refractivity contribution in [2.45, 2.75) is 26.4 Å². The van der Waals surface area contributed by atoms with E-state index in [-0.39, 0.29) is 17.9 Å². The average Bonchev–Trinajstić information content (AvgIpc) is 2.61. The van der Waals surface area contributed by atoms with Crippen LogP contribution in [-0.4, -0.2) is 15.5 Å². The SMILES string of the molecule is Cc1ccccc1CNC(=O)CCn1cnc2ccc(Br)cc2c1=O. The summed E-state index contributed by atoms with van der Waals surface area (Å²) in [5.41, 5.74) is 2.74. The Kier molecular flexibility index (Phi) is 5.28. The number of aryl methyl sites for hydroxylation is 2. The molecule has 0 radical (unpaired) electrons. The van der Waals surface area contributed by atoms with Crippen LogP contribution < -0.4 is 10.9 Å². The van der Waals surface area contributed by atoms with Crippen LogP contribution in [0, 0.1) is 6.92 Å².